The number of hydrogen-bond donors (Lipinski definition) is 0. The van der Waals surface area contributed by atoms with Crippen molar-refractivity contribution in [3.8, 4) is 11.3 Å². The molecule has 0 radical (unpaired) electrons. The van der Waals surface area contributed by atoms with Gasteiger partial charge in [-0.05, 0) is 46.0 Å². The van der Waals surface area contributed by atoms with E-state index in [2.05, 4.69) is 30.9 Å². The van der Waals surface area contributed by atoms with Crippen LogP contribution in [0.5, 0.6) is 0 Å². The van der Waals surface area contributed by atoms with Gasteiger partial charge in [-0.3, -0.25) is 9.48 Å². The standard InChI is InChI=1S/C22H27N5O/c1-4-26-15-17(13-23-26)21-12-19(18-8-5-6-9-20(18)24-21)22(28)27-11-7-10-25(3)14-16(27)2/h5-6,8-9,12-13,15-16H,4,7,10-11,14H2,1-3H3/t16-/m1/s1. The summed E-state index contributed by atoms with van der Waals surface area (Å²) >= 11 is 0. The predicted octanol–water partition coefficient (Wildman–Crippen LogP) is 3.28. The van der Waals surface area contributed by atoms with Crippen molar-refractivity contribution in [2.75, 3.05) is 26.7 Å². The third-order valence-electron chi connectivity index (χ3n) is 5.51. The minimum Gasteiger partial charge on any atom is -0.335 e. The largest absolute Gasteiger partial charge is 0.335 e. The summed E-state index contributed by atoms with van der Waals surface area (Å²) in [4.78, 5) is 22.7. The number of carbonyl (C=O) groups is 1. The number of aromatic nitrogens is 3. The van der Waals surface area contributed by atoms with Gasteiger partial charge in [-0.1, -0.05) is 18.2 Å². The van der Waals surface area contributed by atoms with Gasteiger partial charge in [0.2, 0.25) is 0 Å². The van der Waals surface area contributed by atoms with E-state index < -0.39 is 0 Å². The number of amides is 1. The van der Waals surface area contributed by atoms with Crippen LogP contribution >= 0.6 is 0 Å². The highest BCUT2D eigenvalue weighted by Gasteiger charge is 2.26. The average Bonchev–Trinajstić information content (AvgIpc) is 3.12. The molecule has 0 aliphatic carbocycles. The quantitative estimate of drug-likeness (QED) is 0.703. The van der Waals surface area contributed by atoms with Crippen LogP contribution in [0.15, 0.2) is 42.7 Å². The van der Waals surface area contributed by atoms with Gasteiger partial charge in [0.1, 0.15) is 0 Å². The molecule has 3 aromatic rings. The third-order valence-corrected chi connectivity index (χ3v) is 5.51. The Hall–Kier alpha value is -2.73. The molecule has 1 amide bonds. The van der Waals surface area contributed by atoms with E-state index in [0.29, 0.717) is 0 Å². The molecule has 1 saturated heterocycles. The van der Waals surface area contributed by atoms with Crippen LogP contribution in [0.4, 0.5) is 0 Å². The van der Waals surface area contributed by atoms with Crippen LogP contribution in [0.3, 0.4) is 0 Å². The number of carbonyl (C=O) groups excluding carboxylic acids is 1. The predicted molar refractivity (Wildman–Crippen MR) is 111 cm³/mol. The number of para-hydroxylation sites is 1. The molecule has 0 unspecified atom stereocenters. The maximum Gasteiger partial charge on any atom is 0.254 e. The van der Waals surface area contributed by atoms with Crippen LogP contribution in [0, 0.1) is 0 Å². The zero-order valence-electron chi connectivity index (χ0n) is 16.8. The van der Waals surface area contributed by atoms with Crippen LogP contribution in [0.25, 0.3) is 22.2 Å². The molecule has 6 nitrogen and oxygen atoms in total. The summed E-state index contributed by atoms with van der Waals surface area (Å²) in [5, 5.41) is 5.27. The van der Waals surface area contributed by atoms with E-state index in [-0.39, 0.29) is 11.9 Å². The molecular formula is C22H27N5O. The Kier molecular flexibility index (Phi) is 5.13. The van der Waals surface area contributed by atoms with Gasteiger partial charge in [0.05, 0.1) is 23.0 Å². The zero-order chi connectivity index (χ0) is 19.7. The lowest BCUT2D eigenvalue weighted by atomic mass is 10.0. The van der Waals surface area contributed by atoms with E-state index in [1.54, 1.807) is 0 Å². The van der Waals surface area contributed by atoms with Gasteiger partial charge >= 0.3 is 0 Å². The van der Waals surface area contributed by atoms with Crippen LogP contribution in [0.1, 0.15) is 30.6 Å². The van der Waals surface area contributed by atoms with E-state index in [9.17, 15) is 4.79 Å². The van der Waals surface area contributed by atoms with Crippen molar-refractivity contribution in [1.82, 2.24) is 24.6 Å². The topological polar surface area (TPSA) is 54.3 Å². The lowest BCUT2D eigenvalue weighted by molar-refractivity contribution is 0.0698. The maximum atomic E-state index is 13.6. The van der Waals surface area contributed by atoms with Gasteiger partial charge in [0, 0.05) is 42.8 Å². The molecule has 1 fully saturated rings. The molecule has 1 aliphatic heterocycles. The molecule has 0 N–H and O–H groups in total. The highest BCUT2D eigenvalue weighted by molar-refractivity contribution is 6.07. The van der Waals surface area contributed by atoms with E-state index >= 15 is 0 Å². The Morgan fingerprint density at radius 3 is 2.86 bits per heavy atom. The van der Waals surface area contributed by atoms with Gasteiger partial charge < -0.3 is 9.80 Å². The summed E-state index contributed by atoms with van der Waals surface area (Å²) < 4.78 is 1.88. The van der Waals surface area contributed by atoms with Gasteiger partial charge in [-0.2, -0.15) is 5.10 Å². The minimum atomic E-state index is 0.0885. The fourth-order valence-corrected chi connectivity index (χ4v) is 4.00. The number of pyridine rings is 1. The van der Waals surface area contributed by atoms with Crippen LogP contribution in [-0.2, 0) is 6.54 Å². The number of aryl methyl sites for hydroxylation is 1. The van der Waals surface area contributed by atoms with Crippen molar-refractivity contribution in [1.29, 1.82) is 0 Å². The molecule has 6 heteroatoms. The fraction of sp³-hybridized carbons (Fsp3) is 0.409. The number of benzene rings is 1. The minimum absolute atomic E-state index is 0.0885. The average molecular weight is 377 g/mol. The first kappa shape index (κ1) is 18.6. The highest BCUT2D eigenvalue weighted by atomic mass is 16.2. The Morgan fingerprint density at radius 1 is 1.25 bits per heavy atom. The third kappa shape index (κ3) is 3.52. The second kappa shape index (κ2) is 7.72. The Balaban J connectivity index is 1.79. The molecule has 2 aromatic heterocycles. The maximum absolute atomic E-state index is 13.6. The summed E-state index contributed by atoms with van der Waals surface area (Å²) in [6.45, 7) is 7.69. The molecular weight excluding hydrogens is 350 g/mol. The van der Waals surface area contributed by atoms with Gasteiger partial charge in [-0.15, -0.1) is 0 Å². The van der Waals surface area contributed by atoms with Crippen LogP contribution in [0.2, 0.25) is 0 Å². The Morgan fingerprint density at radius 2 is 2.07 bits per heavy atom. The van der Waals surface area contributed by atoms with Crippen LogP contribution in [-0.4, -0.2) is 63.2 Å². The summed E-state index contributed by atoms with van der Waals surface area (Å²) in [7, 11) is 2.12. The van der Waals surface area contributed by atoms with Crippen molar-refractivity contribution >= 4 is 16.8 Å². The van der Waals surface area contributed by atoms with Crippen molar-refractivity contribution in [3.05, 3.63) is 48.3 Å². The molecule has 1 aliphatic rings. The molecule has 1 aromatic carbocycles. The summed E-state index contributed by atoms with van der Waals surface area (Å²) in [5.41, 5.74) is 3.29. The molecule has 0 spiro atoms. The molecule has 4 rings (SSSR count). The smallest absolute Gasteiger partial charge is 0.254 e. The normalized spacial score (nSPS) is 18.4. The molecule has 28 heavy (non-hydrogen) atoms. The van der Waals surface area contributed by atoms with E-state index in [1.807, 2.05) is 52.3 Å². The first-order valence-corrected chi connectivity index (χ1v) is 9.99. The first-order chi connectivity index (χ1) is 13.6. The number of fused-ring (bicyclic) bond motifs is 1. The van der Waals surface area contributed by atoms with E-state index in [1.165, 1.54) is 0 Å². The number of rotatable bonds is 3. The molecule has 0 saturated carbocycles. The fourth-order valence-electron chi connectivity index (χ4n) is 4.00. The van der Waals surface area contributed by atoms with Crippen molar-refractivity contribution in [2.24, 2.45) is 0 Å². The zero-order valence-corrected chi connectivity index (χ0v) is 16.8. The van der Waals surface area contributed by atoms with Crippen LogP contribution < -0.4 is 0 Å². The molecule has 146 valence electrons. The lowest BCUT2D eigenvalue weighted by Gasteiger charge is -2.28. The van der Waals surface area contributed by atoms with E-state index in [0.717, 1.165) is 60.3 Å². The van der Waals surface area contributed by atoms with Gasteiger partial charge in [0.25, 0.3) is 5.91 Å². The number of nitrogens with zero attached hydrogens (tertiary/aromatic N) is 5. The van der Waals surface area contributed by atoms with Gasteiger partial charge in [-0.25, -0.2) is 4.98 Å². The lowest BCUT2D eigenvalue weighted by Crippen LogP contribution is -2.42. The van der Waals surface area contributed by atoms with Gasteiger partial charge in [0.15, 0.2) is 0 Å². The van der Waals surface area contributed by atoms with E-state index in [4.69, 9.17) is 4.98 Å². The van der Waals surface area contributed by atoms with Crippen molar-refractivity contribution in [3.63, 3.8) is 0 Å². The number of likely N-dealkylation sites (N-methyl/N-ethyl adjacent to an activating group) is 1. The molecule has 3 heterocycles. The second-order valence-electron chi connectivity index (χ2n) is 7.62. The summed E-state index contributed by atoms with van der Waals surface area (Å²) in [6.07, 6.45) is 4.79. The molecule has 0 bridgehead atoms. The first-order valence-electron chi connectivity index (χ1n) is 9.99. The Bertz CT molecular complexity index is 996. The second-order valence-corrected chi connectivity index (χ2v) is 7.62. The monoisotopic (exact) mass is 377 g/mol. The summed E-state index contributed by atoms with van der Waals surface area (Å²) in [5.74, 6) is 0.0885. The SMILES string of the molecule is CCn1cc(-c2cc(C(=O)N3CCCN(C)C[C@H]3C)c3ccccc3n2)cn1. The highest BCUT2D eigenvalue weighted by Crippen LogP contribution is 2.26. The Labute approximate surface area is 165 Å². The molecule has 1 atom stereocenters. The number of hydrogen-bond acceptors (Lipinski definition) is 4. The van der Waals surface area contributed by atoms with Crippen molar-refractivity contribution in [2.45, 2.75) is 32.9 Å². The van der Waals surface area contributed by atoms with Crippen molar-refractivity contribution < 1.29 is 4.79 Å². The summed E-state index contributed by atoms with van der Waals surface area (Å²) in [6, 6.07) is 10.0.